The van der Waals surface area contributed by atoms with Gasteiger partial charge in [-0.05, 0) is 71.8 Å². The Hall–Kier alpha value is -1.76. The highest BCUT2D eigenvalue weighted by Crippen LogP contribution is 2.70. The van der Waals surface area contributed by atoms with Gasteiger partial charge in [0.1, 0.15) is 5.82 Å². The van der Waals surface area contributed by atoms with Gasteiger partial charge >= 0.3 is 0 Å². The van der Waals surface area contributed by atoms with E-state index in [9.17, 15) is 12.8 Å². The molecular weight excluding hydrogens is 401 g/mol. The second kappa shape index (κ2) is 6.87. The minimum absolute atomic E-state index is 0.00104. The molecule has 0 amide bonds. The molecule has 1 spiro atoms. The predicted molar refractivity (Wildman–Crippen MR) is 113 cm³/mol. The third kappa shape index (κ3) is 2.95. The van der Waals surface area contributed by atoms with Gasteiger partial charge in [-0.25, -0.2) is 17.5 Å². The SMILES string of the molecule is CC1(C)[C@@H]2C[C@@H]3[C@@H](c4ccccc4)OCC[C@]3(C2)[C@H]1NS(=O)(=O)c1ccc(F)cc1. The fourth-order valence-corrected chi connectivity index (χ4v) is 8.02. The molecule has 4 nitrogen and oxygen atoms in total. The van der Waals surface area contributed by atoms with Crippen LogP contribution in [-0.2, 0) is 14.8 Å². The highest BCUT2D eigenvalue weighted by Gasteiger charge is 2.68. The van der Waals surface area contributed by atoms with Gasteiger partial charge in [-0.15, -0.1) is 0 Å². The van der Waals surface area contributed by atoms with E-state index in [0.29, 0.717) is 12.5 Å². The van der Waals surface area contributed by atoms with Gasteiger partial charge in [0.25, 0.3) is 0 Å². The molecule has 0 radical (unpaired) electrons. The van der Waals surface area contributed by atoms with Crippen LogP contribution >= 0.6 is 0 Å². The lowest BCUT2D eigenvalue weighted by atomic mass is 9.59. The van der Waals surface area contributed by atoms with Gasteiger partial charge in [0, 0.05) is 12.6 Å². The Kier molecular flexibility index (Phi) is 4.62. The summed E-state index contributed by atoms with van der Waals surface area (Å²) in [5.41, 5.74) is 0.898. The van der Waals surface area contributed by atoms with Crippen molar-refractivity contribution in [1.82, 2.24) is 4.72 Å². The normalized spacial score (nSPS) is 34.6. The summed E-state index contributed by atoms with van der Waals surface area (Å²) in [6.07, 6.45) is 2.94. The Balaban J connectivity index is 1.51. The van der Waals surface area contributed by atoms with Crippen molar-refractivity contribution in [2.75, 3.05) is 6.61 Å². The first-order valence-electron chi connectivity index (χ1n) is 10.7. The van der Waals surface area contributed by atoms with E-state index in [0.717, 1.165) is 19.3 Å². The molecule has 5 rings (SSSR count). The molecule has 1 N–H and O–H groups in total. The Bertz CT molecular complexity index is 1040. The predicted octanol–water partition coefficient (Wildman–Crippen LogP) is 4.69. The van der Waals surface area contributed by atoms with Crippen molar-refractivity contribution in [3.63, 3.8) is 0 Å². The van der Waals surface area contributed by atoms with Crippen LogP contribution < -0.4 is 4.72 Å². The molecule has 1 heterocycles. The zero-order valence-corrected chi connectivity index (χ0v) is 18.2. The zero-order valence-electron chi connectivity index (χ0n) is 17.3. The third-order valence-corrected chi connectivity index (χ3v) is 9.47. The molecule has 5 atom stereocenters. The fourth-order valence-electron chi connectivity index (χ4n) is 6.54. The van der Waals surface area contributed by atoms with Crippen LogP contribution in [-0.4, -0.2) is 21.1 Å². The van der Waals surface area contributed by atoms with Crippen molar-refractivity contribution < 1.29 is 17.5 Å². The molecule has 2 bridgehead atoms. The second-order valence-corrected chi connectivity index (χ2v) is 11.5. The van der Waals surface area contributed by atoms with E-state index >= 15 is 0 Å². The number of fused-ring (bicyclic) bond motifs is 1. The Morgan fingerprint density at radius 1 is 1.07 bits per heavy atom. The van der Waals surface area contributed by atoms with Crippen molar-refractivity contribution in [3.05, 3.63) is 66.0 Å². The maximum atomic E-state index is 13.3. The number of nitrogens with one attached hydrogen (secondary N) is 1. The van der Waals surface area contributed by atoms with Crippen molar-refractivity contribution in [3.8, 4) is 0 Å². The molecule has 0 aromatic heterocycles. The summed E-state index contributed by atoms with van der Waals surface area (Å²) in [6.45, 7) is 5.01. The fraction of sp³-hybridized carbons (Fsp3) is 0.500. The van der Waals surface area contributed by atoms with Crippen LogP contribution in [0.5, 0.6) is 0 Å². The number of rotatable bonds is 4. The first-order chi connectivity index (χ1) is 14.2. The van der Waals surface area contributed by atoms with Crippen molar-refractivity contribution >= 4 is 10.0 Å². The lowest BCUT2D eigenvalue weighted by Gasteiger charge is -2.53. The molecule has 2 saturated carbocycles. The molecule has 30 heavy (non-hydrogen) atoms. The third-order valence-electron chi connectivity index (χ3n) is 8.03. The van der Waals surface area contributed by atoms with Crippen LogP contribution in [0.3, 0.4) is 0 Å². The highest BCUT2D eigenvalue weighted by molar-refractivity contribution is 7.89. The summed E-state index contributed by atoms with van der Waals surface area (Å²) in [7, 11) is -3.75. The quantitative estimate of drug-likeness (QED) is 0.767. The lowest BCUT2D eigenvalue weighted by Crippen LogP contribution is -2.58. The standard InChI is InChI=1S/C24H28FNO3S/c1-23(2)17-14-20-21(16-6-4-3-5-7-16)29-13-12-24(20,15-17)22(23)26-30(27,28)19-10-8-18(25)9-11-19/h3-11,17,20-22,26H,12-15H2,1-2H3/t17-,20-,21-,22+,24-/m1/s1. The van der Waals surface area contributed by atoms with E-state index in [-0.39, 0.29) is 33.8 Å². The molecule has 6 heteroatoms. The van der Waals surface area contributed by atoms with Crippen molar-refractivity contribution in [1.29, 1.82) is 0 Å². The largest absolute Gasteiger partial charge is 0.373 e. The molecule has 2 aliphatic carbocycles. The van der Waals surface area contributed by atoms with Gasteiger partial charge in [-0.1, -0.05) is 44.2 Å². The molecule has 3 fully saturated rings. The van der Waals surface area contributed by atoms with E-state index in [4.69, 9.17) is 4.74 Å². The maximum Gasteiger partial charge on any atom is 0.240 e. The molecule has 1 aliphatic heterocycles. The van der Waals surface area contributed by atoms with Crippen LogP contribution in [0.1, 0.15) is 44.8 Å². The average Bonchev–Trinajstić information content (AvgIpc) is 3.21. The summed E-state index contributed by atoms with van der Waals surface area (Å²) < 4.78 is 49.1. The van der Waals surface area contributed by atoms with Gasteiger partial charge in [-0.2, -0.15) is 0 Å². The summed E-state index contributed by atoms with van der Waals surface area (Å²) in [5, 5.41) is 0. The Morgan fingerprint density at radius 2 is 1.77 bits per heavy atom. The average molecular weight is 430 g/mol. The molecule has 2 aromatic carbocycles. The molecule has 0 unspecified atom stereocenters. The van der Waals surface area contributed by atoms with E-state index < -0.39 is 15.8 Å². The minimum atomic E-state index is -3.75. The van der Waals surface area contributed by atoms with Crippen LogP contribution in [0.25, 0.3) is 0 Å². The topological polar surface area (TPSA) is 55.4 Å². The Labute approximate surface area is 177 Å². The van der Waals surface area contributed by atoms with E-state index in [2.05, 4.69) is 30.7 Å². The first kappa shape index (κ1) is 20.2. The Morgan fingerprint density at radius 3 is 2.47 bits per heavy atom. The summed E-state index contributed by atoms with van der Waals surface area (Å²) >= 11 is 0. The number of hydrogen-bond acceptors (Lipinski definition) is 3. The molecule has 2 aromatic rings. The second-order valence-electron chi connectivity index (χ2n) is 9.76. The van der Waals surface area contributed by atoms with Gasteiger partial charge in [0.2, 0.25) is 10.0 Å². The van der Waals surface area contributed by atoms with E-state index in [1.165, 1.54) is 29.8 Å². The zero-order chi connectivity index (χ0) is 21.1. The molecular formula is C24H28FNO3S. The van der Waals surface area contributed by atoms with Crippen LogP contribution in [0, 0.1) is 28.5 Å². The maximum absolute atomic E-state index is 13.3. The summed E-state index contributed by atoms with van der Waals surface area (Å²) in [6, 6.07) is 15.2. The summed E-state index contributed by atoms with van der Waals surface area (Å²) in [5.74, 6) is 0.284. The van der Waals surface area contributed by atoms with Gasteiger partial charge in [0.15, 0.2) is 0 Å². The van der Waals surface area contributed by atoms with Crippen molar-refractivity contribution in [2.24, 2.45) is 22.7 Å². The van der Waals surface area contributed by atoms with Gasteiger partial charge in [0.05, 0.1) is 11.0 Å². The van der Waals surface area contributed by atoms with Gasteiger partial charge < -0.3 is 4.74 Å². The molecule has 1 saturated heterocycles. The van der Waals surface area contributed by atoms with E-state index in [1.54, 1.807) is 0 Å². The highest BCUT2D eigenvalue weighted by atomic mass is 32.2. The number of benzene rings is 2. The van der Waals surface area contributed by atoms with Crippen LogP contribution in [0.2, 0.25) is 0 Å². The van der Waals surface area contributed by atoms with Gasteiger partial charge in [-0.3, -0.25) is 0 Å². The smallest absolute Gasteiger partial charge is 0.240 e. The number of sulfonamides is 1. The first-order valence-corrected chi connectivity index (χ1v) is 12.2. The number of halogens is 1. The van der Waals surface area contributed by atoms with Crippen LogP contribution in [0.4, 0.5) is 4.39 Å². The number of hydrogen-bond donors (Lipinski definition) is 1. The van der Waals surface area contributed by atoms with Crippen molar-refractivity contribution in [2.45, 2.75) is 50.2 Å². The lowest BCUT2D eigenvalue weighted by molar-refractivity contribution is -0.118. The number of ether oxygens (including phenoxy) is 1. The molecule has 160 valence electrons. The molecule has 3 aliphatic rings. The minimum Gasteiger partial charge on any atom is -0.373 e. The monoisotopic (exact) mass is 429 g/mol. The van der Waals surface area contributed by atoms with E-state index in [1.807, 2.05) is 18.2 Å². The summed E-state index contributed by atoms with van der Waals surface area (Å²) in [4.78, 5) is 0.113. The van der Waals surface area contributed by atoms with Crippen LogP contribution in [0.15, 0.2) is 59.5 Å².